The lowest BCUT2D eigenvalue weighted by molar-refractivity contribution is -0.384. The van der Waals surface area contributed by atoms with Crippen LogP contribution in [-0.2, 0) is 11.2 Å². The van der Waals surface area contributed by atoms with Gasteiger partial charge in [-0.3, -0.25) is 14.9 Å². The van der Waals surface area contributed by atoms with Crippen molar-refractivity contribution in [3.05, 3.63) is 69.4 Å². The molecule has 0 unspecified atom stereocenters. The molecule has 0 saturated carbocycles. The van der Waals surface area contributed by atoms with E-state index in [-0.39, 0.29) is 18.0 Å². The van der Waals surface area contributed by atoms with Crippen molar-refractivity contribution in [3.63, 3.8) is 0 Å². The second kappa shape index (κ2) is 6.16. The number of aryl methyl sites for hydroxylation is 2. The summed E-state index contributed by atoms with van der Waals surface area (Å²) in [6, 6.07) is 12.2. The molecule has 1 aromatic heterocycles. The number of fused-ring (bicyclic) bond motifs is 1. The molecule has 6 heteroatoms. The zero-order valence-corrected chi connectivity index (χ0v) is 13.4. The lowest BCUT2D eigenvalue weighted by atomic mass is 10.1. The molecule has 3 aromatic rings. The molecule has 0 aliphatic carbocycles. The van der Waals surface area contributed by atoms with Gasteiger partial charge in [0.1, 0.15) is 0 Å². The van der Waals surface area contributed by atoms with Crippen molar-refractivity contribution >= 4 is 28.2 Å². The minimum atomic E-state index is -0.473. The maximum Gasteiger partial charge on any atom is 0.271 e. The lowest BCUT2D eigenvalue weighted by Gasteiger charge is -2.08. The zero-order chi connectivity index (χ0) is 17.3. The summed E-state index contributed by atoms with van der Waals surface area (Å²) in [6.45, 7) is 3.73. The van der Waals surface area contributed by atoms with Gasteiger partial charge in [-0.15, -0.1) is 0 Å². The van der Waals surface area contributed by atoms with Crippen LogP contribution in [0.5, 0.6) is 0 Å². The number of carbonyl (C=O) groups excluding carboxylic acids is 1. The Bertz CT molecular complexity index is 944. The molecule has 3 rings (SSSR count). The Labute approximate surface area is 138 Å². The molecule has 0 spiro atoms. The third kappa shape index (κ3) is 2.99. The minimum absolute atomic E-state index is 0.0424. The highest BCUT2D eigenvalue weighted by atomic mass is 16.6. The van der Waals surface area contributed by atoms with Crippen LogP contribution in [0.1, 0.15) is 16.8 Å². The molecule has 24 heavy (non-hydrogen) atoms. The number of nitrogens with zero attached hydrogens (tertiary/aromatic N) is 1. The number of nitro groups is 1. The van der Waals surface area contributed by atoms with Crippen LogP contribution in [0.2, 0.25) is 0 Å². The Morgan fingerprint density at radius 3 is 2.71 bits per heavy atom. The summed E-state index contributed by atoms with van der Waals surface area (Å²) in [5.74, 6) is -0.202. The number of nitrogens with one attached hydrogen (secondary N) is 2. The summed E-state index contributed by atoms with van der Waals surface area (Å²) in [7, 11) is 0. The van der Waals surface area contributed by atoms with Crippen LogP contribution in [0.3, 0.4) is 0 Å². The van der Waals surface area contributed by atoms with Gasteiger partial charge in [0.25, 0.3) is 5.69 Å². The fraction of sp³-hybridized carbons (Fsp3) is 0.167. The first-order valence-corrected chi connectivity index (χ1v) is 7.57. The average molecular weight is 323 g/mol. The van der Waals surface area contributed by atoms with Gasteiger partial charge >= 0.3 is 0 Å². The van der Waals surface area contributed by atoms with E-state index in [0.717, 1.165) is 27.7 Å². The van der Waals surface area contributed by atoms with E-state index in [4.69, 9.17) is 0 Å². The summed E-state index contributed by atoms with van der Waals surface area (Å²) < 4.78 is 0. The molecule has 0 radical (unpaired) electrons. The normalized spacial score (nSPS) is 10.8. The number of H-pyrrole nitrogens is 1. The van der Waals surface area contributed by atoms with Gasteiger partial charge in [0.2, 0.25) is 5.91 Å². The molecule has 0 saturated heterocycles. The fourth-order valence-electron chi connectivity index (χ4n) is 2.78. The summed E-state index contributed by atoms with van der Waals surface area (Å²) in [6.07, 6.45) is 0.206. The number of aromatic nitrogens is 1. The van der Waals surface area contributed by atoms with Gasteiger partial charge in [0.15, 0.2) is 0 Å². The summed E-state index contributed by atoms with van der Waals surface area (Å²) in [5.41, 5.74) is 4.08. The van der Waals surface area contributed by atoms with E-state index in [1.807, 2.05) is 31.2 Å². The smallest absolute Gasteiger partial charge is 0.271 e. The monoisotopic (exact) mass is 323 g/mol. The molecule has 2 aromatic carbocycles. The summed E-state index contributed by atoms with van der Waals surface area (Å²) in [4.78, 5) is 26.1. The molecule has 122 valence electrons. The summed E-state index contributed by atoms with van der Waals surface area (Å²) >= 11 is 0. The summed E-state index contributed by atoms with van der Waals surface area (Å²) in [5, 5.41) is 14.7. The van der Waals surface area contributed by atoms with Crippen LogP contribution in [0.25, 0.3) is 10.9 Å². The third-order valence-electron chi connectivity index (χ3n) is 4.07. The maximum absolute atomic E-state index is 12.4. The third-order valence-corrected chi connectivity index (χ3v) is 4.07. The second-order valence-corrected chi connectivity index (χ2v) is 5.76. The number of rotatable bonds is 4. The topological polar surface area (TPSA) is 88.0 Å². The number of benzene rings is 2. The molecule has 0 bridgehead atoms. The van der Waals surface area contributed by atoms with Gasteiger partial charge in [-0.2, -0.15) is 0 Å². The van der Waals surface area contributed by atoms with Crippen molar-refractivity contribution in [3.8, 4) is 0 Å². The van der Waals surface area contributed by atoms with Gasteiger partial charge in [0, 0.05) is 28.7 Å². The van der Waals surface area contributed by atoms with E-state index in [1.54, 1.807) is 13.0 Å². The Kier molecular flexibility index (Phi) is 4.04. The Balaban J connectivity index is 1.84. The standard InChI is InChI=1S/C18H17N3O3/c1-11-7-8-13(21(23)24)9-17(11)20-18(22)10-15-12(2)19-16-6-4-3-5-14(15)16/h3-9,19H,10H2,1-2H3,(H,20,22). The SMILES string of the molecule is Cc1ccc([N+](=O)[O-])cc1NC(=O)Cc1c(C)[nH]c2ccccc12. The average Bonchev–Trinajstić information content (AvgIpc) is 2.85. The molecule has 2 N–H and O–H groups in total. The molecule has 1 amide bonds. The molecular formula is C18H17N3O3. The first-order valence-electron chi connectivity index (χ1n) is 7.57. The van der Waals surface area contributed by atoms with Crippen LogP contribution in [0.4, 0.5) is 11.4 Å². The van der Waals surface area contributed by atoms with Gasteiger partial charge in [-0.1, -0.05) is 24.3 Å². The quantitative estimate of drug-likeness (QED) is 0.564. The van der Waals surface area contributed by atoms with Crippen molar-refractivity contribution in [2.75, 3.05) is 5.32 Å². The highest BCUT2D eigenvalue weighted by Gasteiger charge is 2.15. The van der Waals surface area contributed by atoms with E-state index in [1.165, 1.54) is 12.1 Å². The molecule has 0 fully saturated rings. The number of amides is 1. The van der Waals surface area contributed by atoms with E-state index in [0.29, 0.717) is 5.69 Å². The number of non-ortho nitro benzene ring substituents is 1. The predicted molar refractivity (Wildman–Crippen MR) is 93.2 cm³/mol. The number of carbonyl (C=O) groups is 1. The van der Waals surface area contributed by atoms with Crippen LogP contribution >= 0.6 is 0 Å². The van der Waals surface area contributed by atoms with Gasteiger partial charge < -0.3 is 10.3 Å². The highest BCUT2D eigenvalue weighted by molar-refractivity contribution is 5.97. The van der Waals surface area contributed by atoms with Crippen LogP contribution in [-0.4, -0.2) is 15.8 Å². The second-order valence-electron chi connectivity index (χ2n) is 5.76. The number of hydrogen-bond acceptors (Lipinski definition) is 3. The van der Waals surface area contributed by atoms with Crippen molar-refractivity contribution in [1.82, 2.24) is 4.98 Å². The minimum Gasteiger partial charge on any atom is -0.358 e. The Morgan fingerprint density at radius 1 is 1.21 bits per heavy atom. The number of para-hydroxylation sites is 1. The number of nitro benzene ring substituents is 1. The Morgan fingerprint density at radius 2 is 1.96 bits per heavy atom. The van der Waals surface area contributed by atoms with Crippen molar-refractivity contribution < 1.29 is 9.72 Å². The molecule has 0 aliphatic heterocycles. The number of anilines is 1. The van der Waals surface area contributed by atoms with Crippen LogP contribution in [0.15, 0.2) is 42.5 Å². The van der Waals surface area contributed by atoms with Crippen LogP contribution in [0, 0.1) is 24.0 Å². The molecule has 0 atom stereocenters. The van der Waals surface area contributed by atoms with Gasteiger partial charge in [-0.25, -0.2) is 0 Å². The molecule has 1 heterocycles. The highest BCUT2D eigenvalue weighted by Crippen LogP contribution is 2.24. The molecule has 0 aliphatic rings. The largest absolute Gasteiger partial charge is 0.358 e. The maximum atomic E-state index is 12.4. The predicted octanol–water partition coefficient (Wildman–Crippen LogP) is 3.87. The number of hydrogen-bond donors (Lipinski definition) is 2. The van der Waals surface area contributed by atoms with Gasteiger partial charge in [-0.05, 0) is 31.0 Å². The lowest BCUT2D eigenvalue weighted by Crippen LogP contribution is -2.15. The van der Waals surface area contributed by atoms with Gasteiger partial charge in [0.05, 0.1) is 17.0 Å². The van der Waals surface area contributed by atoms with E-state index in [9.17, 15) is 14.9 Å². The van der Waals surface area contributed by atoms with Crippen molar-refractivity contribution in [1.29, 1.82) is 0 Å². The van der Waals surface area contributed by atoms with Crippen LogP contribution < -0.4 is 5.32 Å². The first-order chi connectivity index (χ1) is 11.5. The fourth-order valence-corrected chi connectivity index (χ4v) is 2.78. The van der Waals surface area contributed by atoms with E-state index < -0.39 is 4.92 Å². The first kappa shape index (κ1) is 15.7. The van der Waals surface area contributed by atoms with Crippen molar-refractivity contribution in [2.45, 2.75) is 20.3 Å². The van der Waals surface area contributed by atoms with E-state index in [2.05, 4.69) is 10.3 Å². The molecular weight excluding hydrogens is 306 g/mol. The number of aromatic amines is 1. The molecule has 6 nitrogen and oxygen atoms in total. The zero-order valence-electron chi connectivity index (χ0n) is 13.4. The van der Waals surface area contributed by atoms with Crippen molar-refractivity contribution in [2.24, 2.45) is 0 Å². The van der Waals surface area contributed by atoms with E-state index >= 15 is 0 Å². The Hall–Kier alpha value is -3.15.